The number of halogens is 1. The van der Waals surface area contributed by atoms with Crippen molar-refractivity contribution in [3.05, 3.63) is 34.3 Å². The maximum Gasteiger partial charge on any atom is 0.410 e. The summed E-state index contributed by atoms with van der Waals surface area (Å²) in [6.07, 6.45) is 3.95. The quantitative estimate of drug-likeness (QED) is 0.606. The van der Waals surface area contributed by atoms with Crippen molar-refractivity contribution >= 4 is 22.0 Å². The van der Waals surface area contributed by atoms with E-state index in [2.05, 4.69) is 45.1 Å². The van der Waals surface area contributed by atoms with E-state index in [1.54, 1.807) is 0 Å². The minimum Gasteiger partial charge on any atom is -0.444 e. The molecule has 0 radical (unpaired) electrons. The minimum absolute atomic E-state index is 0.184. The van der Waals surface area contributed by atoms with Crippen molar-refractivity contribution in [2.45, 2.75) is 63.9 Å². The Bertz CT molecular complexity index is 742. The molecule has 0 unspecified atom stereocenters. The van der Waals surface area contributed by atoms with E-state index < -0.39 is 11.4 Å². The second-order valence-corrected chi connectivity index (χ2v) is 10.8. The highest BCUT2D eigenvalue weighted by Crippen LogP contribution is 2.44. The van der Waals surface area contributed by atoms with E-state index >= 15 is 0 Å². The number of nitrogens with zero attached hydrogens (tertiary/aromatic N) is 2. The van der Waals surface area contributed by atoms with Crippen LogP contribution in [0.4, 0.5) is 4.79 Å². The summed E-state index contributed by atoms with van der Waals surface area (Å²) in [6, 6.07) is 8.90. The Labute approximate surface area is 194 Å². The highest BCUT2D eigenvalue weighted by molar-refractivity contribution is 9.10. The zero-order valence-corrected chi connectivity index (χ0v) is 20.5. The largest absolute Gasteiger partial charge is 0.444 e. The molecular formula is C24H35BrN2O4. The summed E-state index contributed by atoms with van der Waals surface area (Å²) < 4.78 is 19.1. The van der Waals surface area contributed by atoms with Crippen molar-refractivity contribution in [2.75, 3.05) is 39.4 Å². The standard InChI is InChI=1S/C24H35BrN2O4/c1-23(2,3)31-22(28)27-14-10-21(11-15-27)26-12-8-19(9-13-26)24(29-16-17-30-24)18-4-6-20(25)7-5-18/h4-7,19,21H,8-17H2,1-3H3. The second-order valence-electron chi connectivity index (χ2n) is 9.88. The third-order valence-corrected chi connectivity index (χ3v) is 7.19. The van der Waals surface area contributed by atoms with Gasteiger partial charge in [0, 0.05) is 35.1 Å². The zero-order chi connectivity index (χ0) is 22.1. The molecule has 3 fully saturated rings. The average Bonchev–Trinajstić information content (AvgIpc) is 3.24. The summed E-state index contributed by atoms with van der Waals surface area (Å²) in [5.41, 5.74) is 0.683. The fraction of sp³-hybridized carbons (Fsp3) is 0.708. The lowest BCUT2D eigenvalue weighted by Crippen LogP contribution is -2.51. The molecule has 0 atom stereocenters. The molecule has 6 nitrogen and oxygen atoms in total. The van der Waals surface area contributed by atoms with E-state index in [-0.39, 0.29) is 6.09 Å². The monoisotopic (exact) mass is 494 g/mol. The molecule has 31 heavy (non-hydrogen) atoms. The summed E-state index contributed by atoms with van der Waals surface area (Å²) >= 11 is 3.53. The van der Waals surface area contributed by atoms with Gasteiger partial charge in [0.15, 0.2) is 5.79 Å². The van der Waals surface area contributed by atoms with Gasteiger partial charge in [0.05, 0.1) is 13.2 Å². The molecule has 0 bridgehead atoms. The minimum atomic E-state index is -0.604. The van der Waals surface area contributed by atoms with E-state index in [9.17, 15) is 4.79 Å². The predicted octanol–water partition coefficient (Wildman–Crippen LogP) is 4.76. The van der Waals surface area contributed by atoms with E-state index in [4.69, 9.17) is 14.2 Å². The number of carbonyl (C=O) groups excluding carboxylic acids is 1. The van der Waals surface area contributed by atoms with Gasteiger partial charge in [-0.1, -0.05) is 28.1 Å². The number of ether oxygens (including phenoxy) is 3. The first-order chi connectivity index (χ1) is 14.8. The van der Waals surface area contributed by atoms with Crippen LogP contribution in [0.15, 0.2) is 28.7 Å². The van der Waals surface area contributed by atoms with E-state index in [1.807, 2.05) is 25.7 Å². The molecule has 0 aliphatic carbocycles. The third-order valence-electron chi connectivity index (χ3n) is 6.66. The second kappa shape index (κ2) is 9.38. The lowest BCUT2D eigenvalue weighted by molar-refractivity contribution is -0.215. The van der Waals surface area contributed by atoms with Crippen LogP contribution in [-0.2, 0) is 20.0 Å². The number of hydrogen-bond donors (Lipinski definition) is 0. The molecular weight excluding hydrogens is 460 g/mol. The first-order valence-electron chi connectivity index (χ1n) is 11.5. The van der Waals surface area contributed by atoms with Gasteiger partial charge >= 0.3 is 6.09 Å². The van der Waals surface area contributed by atoms with E-state index in [0.29, 0.717) is 25.2 Å². The SMILES string of the molecule is CC(C)(C)OC(=O)N1CCC(N2CCC(C3(c4ccc(Br)cc4)OCCO3)CC2)CC1. The highest BCUT2D eigenvalue weighted by Gasteiger charge is 2.47. The Hall–Kier alpha value is -1.15. The molecule has 1 aromatic carbocycles. The Morgan fingerprint density at radius 3 is 2.13 bits per heavy atom. The summed E-state index contributed by atoms with van der Waals surface area (Å²) in [5, 5.41) is 0. The maximum atomic E-state index is 12.3. The van der Waals surface area contributed by atoms with Gasteiger partial charge < -0.3 is 24.0 Å². The number of piperidine rings is 2. The van der Waals surface area contributed by atoms with E-state index in [0.717, 1.165) is 61.9 Å². The summed E-state index contributed by atoms with van der Waals surface area (Å²) in [4.78, 5) is 16.8. The van der Waals surface area contributed by atoms with Crippen LogP contribution in [0, 0.1) is 5.92 Å². The molecule has 0 N–H and O–H groups in total. The van der Waals surface area contributed by atoms with E-state index in [1.165, 1.54) is 0 Å². The van der Waals surface area contributed by atoms with Gasteiger partial charge in [-0.25, -0.2) is 4.79 Å². The van der Waals surface area contributed by atoms with Crippen molar-refractivity contribution in [1.82, 2.24) is 9.80 Å². The molecule has 3 aliphatic rings. The molecule has 1 aromatic rings. The molecule has 3 saturated heterocycles. The first kappa shape index (κ1) is 23.0. The van der Waals surface area contributed by atoms with Crippen molar-refractivity contribution in [2.24, 2.45) is 5.92 Å². The third kappa shape index (κ3) is 5.27. The van der Waals surface area contributed by atoms with Gasteiger partial charge in [0.2, 0.25) is 0 Å². The summed E-state index contributed by atoms with van der Waals surface area (Å²) in [5.74, 6) is -0.248. The fourth-order valence-electron chi connectivity index (χ4n) is 5.13. The molecule has 0 aromatic heterocycles. The van der Waals surface area contributed by atoms with Crippen LogP contribution in [0.2, 0.25) is 0 Å². The number of amides is 1. The van der Waals surface area contributed by atoms with Crippen LogP contribution in [0.5, 0.6) is 0 Å². The maximum absolute atomic E-state index is 12.3. The lowest BCUT2D eigenvalue weighted by Gasteiger charge is -2.45. The number of likely N-dealkylation sites (tertiary alicyclic amines) is 2. The Balaban J connectivity index is 1.32. The van der Waals surface area contributed by atoms with Crippen molar-refractivity contribution in [1.29, 1.82) is 0 Å². The van der Waals surface area contributed by atoms with Gasteiger partial charge in [-0.3, -0.25) is 0 Å². The highest BCUT2D eigenvalue weighted by atomic mass is 79.9. The van der Waals surface area contributed by atoms with Crippen LogP contribution >= 0.6 is 15.9 Å². The molecule has 7 heteroatoms. The molecule has 0 saturated carbocycles. The average molecular weight is 495 g/mol. The Kier molecular flexibility index (Phi) is 6.96. The summed E-state index contributed by atoms with van der Waals surface area (Å²) in [6.45, 7) is 10.7. The number of benzene rings is 1. The lowest BCUT2D eigenvalue weighted by atomic mass is 9.83. The number of carbonyl (C=O) groups is 1. The van der Waals surface area contributed by atoms with Crippen molar-refractivity contribution < 1.29 is 19.0 Å². The van der Waals surface area contributed by atoms with Crippen LogP contribution < -0.4 is 0 Å². The predicted molar refractivity (Wildman–Crippen MR) is 123 cm³/mol. The van der Waals surface area contributed by atoms with Crippen LogP contribution in [0.3, 0.4) is 0 Å². The Morgan fingerprint density at radius 2 is 1.58 bits per heavy atom. The van der Waals surface area contributed by atoms with Gasteiger partial charge in [0.1, 0.15) is 5.60 Å². The molecule has 172 valence electrons. The topological polar surface area (TPSA) is 51.2 Å². The fourth-order valence-corrected chi connectivity index (χ4v) is 5.40. The normalized spacial score (nSPS) is 23.8. The number of hydrogen-bond acceptors (Lipinski definition) is 5. The smallest absolute Gasteiger partial charge is 0.410 e. The first-order valence-corrected chi connectivity index (χ1v) is 12.3. The van der Waals surface area contributed by atoms with Crippen molar-refractivity contribution in [3.8, 4) is 0 Å². The van der Waals surface area contributed by atoms with Gasteiger partial charge in [-0.2, -0.15) is 0 Å². The van der Waals surface area contributed by atoms with Gasteiger partial charge in [-0.05, 0) is 71.7 Å². The molecule has 3 aliphatic heterocycles. The molecule has 3 heterocycles. The van der Waals surface area contributed by atoms with Gasteiger partial charge in [-0.15, -0.1) is 0 Å². The zero-order valence-electron chi connectivity index (χ0n) is 18.9. The molecule has 0 spiro atoms. The van der Waals surface area contributed by atoms with Crippen LogP contribution in [0.25, 0.3) is 0 Å². The summed E-state index contributed by atoms with van der Waals surface area (Å²) in [7, 11) is 0. The van der Waals surface area contributed by atoms with Crippen LogP contribution in [0.1, 0.15) is 52.0 Å². The molecule has 1 amide bonds. The van der Waals surface area contributed by atoms with Crippen molar-refractivity contribution in [3.63, 3.8) is 0 Å². The van der Waals surface area contributed by atoms with Crippen LogP contribution in [-0.4, -0.2) is 66.9 Å². The Morgan fingerprint density at radius 1 is 1.00 bits per heavy atom. The number of rotatable bonds is 3. The molecule has 4 rings (SSSR count). The van der Waals surface area contributed by atoms with Gasteiger partial charge in [0.25, 0.3) is 0 Å².